The van der Waals surface area contributed by atoms with E-state index in [-0.39, 0.29) is 17.1 Å². The summed E-state index contributed by atoms with van der Waals surface area (Å²) in [5.41, 5.74) is 2.26. The highest BCUT2D eigenvalue weighted by Crippen LogP contribution is 2.26. The lowest BCUT2D eigenvalue weighted by Crippen LogP contribution is -2.08. The second-order valence-corrected chi connectivity index (χ2v) is 4.98. The fraction of sp³-hybridized carbons (Fsp3) is 0. The SMILES string of the molecule is O=C(Oc1ccc(-c2ccccc2)cc1)c1ccc(O)c(O)c1. The van der Waals surface area contributed by atoms with Crippen molar-refractivity contribution in [1.82, 2.24) is 0 Å². The summed E-state index contributed by atoms with van der Waals surface area (Å²) >= 11 is 0. The number of hydrogen-bond acceptors (Lipinski definition) is 4. The first kappa shape index (κ1) is 14.7. The molecule has 0 heterocycles. The molecule has 0 radical (unpaired) electrons. The van der Waals surface area contributed by atoms with Gasteiger partial charge >= 0.3 is 5.97 Å². The molecule has 0 atom stereocenters. The molecule has 0 aromatic heterocycles. The monoisotopic (exact) mass is 306 g/mol. The molecule has 3 aromatic carbocycles. The van der Waals surface area contributed by atoms with Crippen LogP contribution in [0.1, 0.15) is 10.4 Å². The second kappa shape index (κ2) is 6.23. The average molecular weight is 306 g/mol. The number of phenolic OH excluding ortho intramolecular Hbond substituents is 2. The van der Waals surface area contributed by atoms with Crippen LogP contribution < -0.4 is 4.74 Å². The molecule has 4 nitrogen and oxygen atoms in total. The van der Waals surface area contributed by atoms with E-state index < -0.39 is 5.97 Å². The molecule has 3 aromatic rings. The Labute approximate surface area is 133 Å². The molecule has 3 rings (SSSR count). The summed E-state index contributed by atoms with van der Waals surface area (Å²) in [6.07, 6.45) is 0. The van der Waals surface area contributed by atoms with Crippen molar-refractivity contribution in [3.05, 3.63) is 78.4 Å². The van der Waals surface area contributed by atoms with Crippen molar-refractivity contribution in [2.45, 2.75) is 0 Å². The topological polar surface area (TPSA) is 66.8 Å². The molecule has 0 fully saturated rings. The van der Waals surface area contributed by atoms with Crippen molar-refractivity contribution in [3.63, 3.8) is 0 Å². The minimum absolute atomic E-state index is 0.160. The van der Waals surface area contributed by atoms with Gasteiger partial charge in [0, 0.05) is 0 Å². The summed E-state index contributed by atoms with van der Waals surface area (Å²) in [6, 6.07) is 20.8. The van der Waals surface area contributed by atoms with E-state index in [9.17, 15) is 15.0 Å². The number of aromatic hydroxyl groups is 2. The predicted molar refractivity (Wildman–Crippen MR) is 86.6 cm³/mol. The van der Waals surface area contributed by atoms with Crippen LogP contribution in [0.5, 0.6) is 17.2 Å². The maximum atomic E-state index is 12.0. The highest BCUT2D eigenvalue weighted by atomic mass is 16.5. The first-order valence-corrected chi connectivity index (χ1v) is 7.03. The highest BCUT2D eigenvalue weighted by Gasteiger charge is 2.11. The Morgan fingerprint density at radius 2 is 1.39 bits per heavy atom. The van der Waals surface area contributed by atoms with Gasteiger partial charge in [0.1, 0.15) is 5.75 Å². The Bertz CT molecular complexity index is 824. The van der Waals surface area contributed by atoms with Gasteiger partial charge in [-0.2, -0.15) is 0 Å². The molecule has 0 aliphatic carbocycles. The van der Waals surface area contributed by atoms with Crippen molar-refractivity contribution in [2.24, 2.45) is 0 Å². The number of esters is 1. The van der Waals surface area contributed by atoms with E-state index in [1.54, 1.807) is 12.1 Å². The number of carbonyl (C=O) groups excluding carboxylic acids is 1. The zero-order valence-corrected chi connectivity index (χ0v) is 12.1. The Kier molecular flexibility index (Phi) is 3.97. The molecular weight excluding hydrogens is 292 g/mol. The van der Waals surface area contributed by atoms with Crippen LogP contribution in [0, 0.1) is 0 Å². The van der Waals surface area contributed by atoms with Crippen LogP contribution in [0.25, 0.3) is 11.1 Å². The van der Waals surface area contributed by atoms with Gasteiger partial charge in [0.15, 0.2) is 11.5 Å². The van der Waals surface area contributed by atoms with Gasteiger partial charge in [-0.1, -0.05) is 42.5 Å². The summed E-state index contributed by atoms with van der Waals surface area (Å²) in [5, 5.41) is 18.7. The van der Waals surface area contributed by atoms with E-state index in [1.165, 1.54) is 12.1 Å². The minimum atomic E-state index is -0.604. The first-order chi connectivity index (χ1) is 11.1. The number of benzene rings is 3. The molecule has 0 saturated carbocycles. The molecule has 4 heteroatoms. The third-order valence-electron chi connectivity index (χ3n) is 3.38. The van der Waals surface area contributed by atoms with Gasteiger partial charge in [-0.05, 0) is 41.5 Å². The number of ether oxygens (including phenoxy) is 1. The summed E-state index contributed by atoms with van der Waals surface area (Å²) in [5.74, 6) is -0.845. The normalized spacial score (nSPS) is 10.3. The molecule has 0 bridgehead atoms. The average Bonchev–Trinajstić information content (AvgIpc) is 2.59. The van der Waals surface area contributed by atoms with E-state index in [1.807, 2.05) is 42.5 Å². The third-order valence-corrected chi connectivity index (χ3v) is 3.38. The molecule has 0 unspecified atom stereocenters. The molecule has 23 heavy (non-hydrogen) atoms. The highest BCUT2D eigenvalue weighted by molar-refractivity contribution is 5.91. The van der Waals surface area contributed by atoms with Gasteiger partial charge < -0.3 is 14.9 Å². The number of hydrogen-bond donors (Lipinski definition) is 2. The number of carbonyl (C=O) groups is 1. The van der Waals surface area contributed by atoms with E-state index in [0.717, 1.165) is 17.2 Å². The summed E-state index contributed by atoms with van der Waals surface area (Å²) < 4.78 is 5.25. The van der Waals surface area contributed by atoms with E-state index in [0.29, 0.717) is 5.75 Å². The van der Waals surface area contributed by atoms with Crippen molar-refractivity contribution < 1.29 is 19.7 Å². The van der Waals surface area contributed by atoms with Crippen LogP contribution >= 0.6 is 0 Å². The Balaban J connectivity index is 1.75. The number of rotatable bonds is 3. The molecule has 0 aliphatic heterocycles. The maximum absolute atomic E-state index is 12.0. The molecular formula is C19H14O4. The summed E-state index contributed by atoms with van der Waals surface area (Å²) in [4.78, 5) is 12.0. The Morgan fingerprint density at radius 1 is 0.739 bits per heavy atom. The molecule has 114 valence electrons. The zero-order chi connectivity index (χ0) is 16.2. The Morgan fingerprint density at radius 3 is 2.04 bits per heavy atom. The smallest absolute Gasteiger partial charge is 0.343 e. The summed E-state index contributed by atoms with van der Waals surface area (Å²) in [6.45, 7) is 0. The van der Waals surface area contributed by atoms with Crippen LogP contribution in [-0.2, 0) is 0 Å². The third kappa shape index (κ3) is 3.32. The van der Waals surface area contributed by atoms with Crippen LogP contribution in [0.3, 0.4) is 0 Å². The lowest BCUT2D eigenvalue weighted by atomic mass is 10.1. The van der Waals surface area contributed by atoms with Crippen molar-refractivity contribution in [2.75, 3.05) is 0 Å². The van der Waals surface area contributed by atoms with Gasteiger partial charge in [-0.25, -0.2) is 4.79 Å². The van der Waals surface area contributed by atoms with Gasteiger partial charge in [-0.3, -0.25) is 0 Å². The van der Waals surface area contributed by atoms with Gasteiger partial charge in [0.25, 0.3) is 0 Å². The van der Waals surface area contributed by atoms with Gasteiger partial charge in [0.2, 0.25) is 0 Å². The van der Waals surface area contributed by atoms with E-state index >= 15 is 0 Å². The quantitative estimate of drug-likeness (QED) is 0.436. The Hall–Kier alpha value is -3.27. The van der Waals surface area contributed by atoms with Crippen LogP contribution in [0.4, 0.5) is 0 Å². The first-order valence-electron chi connectivity index (χ1n) is 7.03. The van der Waals surface area contributed by atoms with Crippen molar-refractivity contribution in [3.8, 4) is 28.4 Å². The molecule has 0 saturated heterocycles. The minimum Gasteiger partial charge on any atom is -0.504 e. The molecule has 0 amide bonds. The van der Waals surface area contributed by atoms with Crippen molar-refractivity contribution in [1.29, 1.82) is 0 Å². The fourth-order valence-electron chi connectivity index (χ4n) is 2.16. The predicted octanol–water partition coefficient (Wildman–Crippen LogP) is 3.98. The molecule has 2 N–H and O–H groups in total. The number of phenols is 2. The van der Waals surface area contributed by atoms with Crippen LogP contribution in [0.2, 0.25) is 0 Å². The lowest BCUT2D eigenvalue weighted by Gasteiger charge is -2.07. The largest absolute Gasteiger partial charge is 0.504 e. The summed E-state index contributed by atoms with van der Waals surface area (Å²) in [7, 11) is 0. The van der Waals surface area contributed by atoms with Crippen molar-refractivity contribution >= 4 is 5.97 Å². The maximum Gasteiger partial charge on any atom is 0.343 e. The van der Waals surface area contributed by atoms with E-state index in [2.05, 4.69) is 0 Å². The van der Waals surface area contributed by atoms with E-state index in [4.69, 9.17) is 4.74 Å². The van der Waals surface area contributed by atoms with Gasteiger partial charge in [0.05, 0.1) is 5.56 Å². The van der Waals surface area contributed by atoms with Crippen LogP contribution in [-0.4, -0.2) is 16.2 Å². The fourth-order valence-corrected chi connectivity index (χ4v) is 2.16. The zero-order valence-electron chi connectivity index (χ0n) is 12.1. The van der Waals surface area contributed by atoms with Crippen LogP contribution in [0.15, 0.2) is 72.8 Å². The molecule has 0 aliphatic rings. The standard InChI is InChI=1S/C19H14O4/c20-17-11-8-15(12-18(17)21)19(22)23-16-9-6-14(7-10-16)13-4-2-1-3-5-13/h1-12,20-21H. The second-order valence-electron chi connectivity index (χ2n) is 4.98. The van der Waals surface area contributed by atoms with Gasteiger partial charge in [-0.15, -0.1) is 0 Å². The molecule has 0 spiro atoms. The lowest BCUT2D eigenvalue weighted by molar-refractivity contribution is 0.0734.